The highest BCUT2D eigenvalue weighted by atomic mass is 19.1. The van der Waals surface area contributed by atoms with Gasteiger partial charge >= 0.3 is 0 Å². The molecular weight excluding hydrogens is 257 g/mol. The molecule has 1 aliphatic rings. The molecule has 1 fully saturated rings. The molecule has 0 aliphatic carbocycles. The van der Waals surface area contributed by atoms with Crippen LogP contribution in [-0.2, 0) is 6.54 Å². The van der Waals surface area contributed by atoms with Crippen molar-refractivity contribution in [1.82, 2.24) is 10.1 Å². The van der Waals surface area contributed by atoms with Gasteiger partial charge in [0.2, 0.25) is 5.88 Å². The molecular formula is C15H18FN3O. The molecule has 1 aromatic carbocycles. The topological polar surface area (TPSA) is 55.3 Å². The third kappa shape index (κ3) is 2.82. The van der Waals surface area contributed by atoms with E-state index >= 15 is 0 Å². The maximum absolute atomic E-state index is 14.2. The number of anilines is 1. The molecule has 2 N–H and O–H groups in total. The number of hydrogen-bond donors (Lipinski definition) is 1. The van der Waals surface area contributed by atoms with Crippen LogP contribution >= 0.6 is 0 Å². The smallest absolute Gasteiger partial charge is 0.222 e. The number of rotatable bonds is 3. The highest BCUT2D eigenvalue weighted by molar-refractivity contribution is 5.61. The van der Waals surface area contributed by atoms with Crippen LogP contribution in [-0.4, -0.2) is 23.1 Å². The predicted octanol–water partition coefficient (Wildman–Crippen LogP) is 3.05. The van der Waals surface area contributed by atoms with Crippen LogP contribution in [0.25, 0.3) is 11.3 Å². The van der Waals surface area contributed by atoms with Crippen LogP contribution in [0.1, 0.15) is 24.8 Å². The van der Waals surface area contributed by atoms with Gasteiger partial charge < -0.3 is 10.3 Å². The van der Waals surface area contributed by atoms with Crippen molar-refractivity contribution in [2.75, 3.05) is 18.8 Å². The van der Waals surface area contributed by atoms with E-state index in [2.05, 4.69) is 10.1 Å². The molecule has 4 nitrogen and oxygen atoms in total. The molecule has 1 saturated heterocycles. The molecule has 2 aromatic rings. The molecule has 2 heterocycles. The van der Waals surface area contributed by atoms with Crippen LogP contribution in [0.2, 0.25) is 0 Å². The Kier molecular flexibility index (Phi) is 3.69. The summed E-state index contributed by atoms with van der Waals surface area (Å²) in [6.07, 6.45) is 3.70. The highest BCUT2D eigenvalue weighted by Crippen LogP contribution is 2.23. The number of halogens is 1. The second-order valence-electron chi connectivity index (χ2n) is 5.26. The Bertz CT molecular complexity index is 591. The van der Waals surface area contributed by atoms with Gasteiger partial charge in [0.1, 0.15) is 11.5 Å². The molecule has 1 aliphatic heterocycles. The monoisotopic (exact) mass is 275 g/mol. The zero-order valence-corrected chi connectivity index (χ0v) is 11.3. The van der Waals surface area contributed by atoms with E-state index in [1.165, 1.54) is 25.3 Å². The van der Waals surface area contributed by atoms with Crippen molar-refractivity contribution in [3.8, 4) is 11.3 Å². The first kappa shape index (κ1) is 13.1. The van der Waals surface area contributed by atoms with Crippen molar-refractivity contribution < 1.29 is 8.91 Å². The minimum absolute atomic E-state index is 0.199. The number of nitrogens with zero attached hydrogens (tertiary/aromatic N) is 2. The summed E-state index contributed by atoms with van der Waals surface area (Å²) in [5, 5.41) is 3.80. The Labute approximate surface area is 117 Å². The second-order valence-corrected chi connectivity index (χ2v) is 5.26. The molecule has 0 saturated carbocycles. The normalized spacial score (nSPS) is 16.4. The third-order valence-corrected chi connectivity index (χ3v) is 3.72. The summed E-state index contributed by atoms with van der Waals surface area (Å²) in [6.45, 7) is 2.79. The van der Waals surface area contributed by atoms with Crippen LogP contribution in [0.4, 0.5) is 10.3 Å². The standard InChI is InChI=1S/C15H18FN3O/c16-13-8-11(14-9-15(17)20-18-14)4-5-12(13)10-19-6-2-1-3-7-19/h4-5,8-9H,1-3,6-7,10,17H2. The van der Waals surface area contributed by atoms with Gasteiger partial charge in [-0.15, -0.1) is 0 Å². The molecule has 0 radical (unpaired) electrons. The predicted molar refractivity (Wildman–Crippen MR) is 75.4 cm³/mol. The lowest BCUT2D eigenvalue weighted by Gasteiger charge is -2.26. The Balaban J connectivity index is 1.76. The number of piperidine rings is 1. The molecule has 0 unspecified atom stereocenters. The summed E-state index contributed by atoms with van der Waals surface area (Å²) in [4.78, 5) is 2.30. The zero-order valence-electron chi connectivity index (χ0n) is 11.3. The third-order valence-electron chi connectivity index (χ3n) is 3.72. The average Bonchev–Trinajstić information content (AvgIpc) is 2.89. The Morgan fingerprint density at radius 2 is 2.00 bits per heavy atom. The van der Waals surface area contributed by atoms with Gasteiger partial charge in [-0.25, -0.2) is 4.39 Å². The lowest BCUT2D eigenvalue weighted by Crippen LogP contribution is -2.29. The Hall–Kier alpha value is -1.88. The Morgan fingerprint density at radius 3 is 2.65 bits per heavy atom. The van der Waals surface area contributed by atoms with E-state index in [1.807, 2.05) is 12.1 Å². The molecule has 0 bridgehead atoms. The van der Waals surface area contributed by atoms with E-state index in [9.17, 15) is 4.39 Å². The Morgan fingerprint density at radius 1 is 1.20 bits per heavy atom. The van der Waals surface area contributed by atoms with Crippen molar-refractivity contribution in [3.63, 3.8) is 0 Å². The number of benzene rings is 1. The van der Waals surface area contributed by atoms with Crippen molar-refractivity contribution in [3.05, 3.63) is 35.6 Å². The lowest BCUT2D eigenvalue weighted by molar-refractivity contribution is 0.218. The van der Waals surface area contributed by atoms with Gasteiger partial charge in [0, 0.05) is 23.7 Å². The maximum Gasteiger partial charge on any atom is 0.222 e. The molecule has 106 valence electrons. The van der Waals surface area contributed by atoms with E-state index < -0.39 is 0 Å². The number of hydrogen-bond acceptors (Lipinski definition) is 4. The van der Waals surface area contributed by atoms with Gasteiger partial charge in [0.05, 0.1) is 0 Å². The highest BCUT2D eigenvalue weighted by Gasteiger charge is 2.14. The number of nitrogens with two attached hydrogens (primary N) is 1. The van der Waals surface area contributed by atoms with E-state index in [0.717, 1.165) is 18.7 Å². The molecule has 0 spiro atoms. The van der Waals surface area contributed by atoms with Gasteiger partial charge in [-0.05, 0) is 32.0 Å². The largest absolute Gasteiger partial charge is 0.368 e. The average molecular weight is 275 g/mol. The van der Waals surface area contributed by atoms with Gasteiger partial charge in [0.15, 0.2) is 0 Å². The molecule has 1 aromatic heterocycles. The molecule has 3 rings (SSSR count). The van der Waals surface area contributed by atoms with Crippen LogP contribution in [0.15, 0.2) is 28.8 Å². The summed E-state index contributed by atoms with van der Waals surface area (Å²) in [6, 6.07) is 6.78. The van der Waals surface area contributed by atoms with E-state index in [-0.39, 0.29) is 11.7 Å². The van der Waals surface area contributed by atoms with Gasteiger partial charge in [-0.3, -0.25) is 4.90 Å². The van der Waals surface area contributed by atoms with E-state index in [0.29, 0.717) is 17.8 Å². The molecule has 20 heavy (non-hydrogen) atoms. The van der Waals surface area contributed by atoms with Crippen molar-refractivity contribution >= 4 is 5.88 Å². The molecule has 0 atom stereocenters. The SMILES string of the molecule is Nc1cc(-c2ccc(CN3CCCCC3)c(F)c2)no1. The summed E-state index contributed by atoms with van der Waals surface area (Å²) in [5.74, 6) is 0.0347. The fourth-order valence-corrected chi connectivity index (χ4v) is 2.62. The first-order valence-corrected chi connectivity index (χ1v) is 6.96. The summed E-state index contributed by atoms with van der Waals surface area (Å²) < 4.78 is 19.0. The van der Waals surface area contributed by atoms with E-state index in [1.54, 1.807) is 6.07 Å². The van der Waals surface area contributed by atoms with Crippen molar-refractivity contribution in [1.29, 1.82) is 0 Å². The summed E-state index contributed by atoms with van der Waals surface area (Å²) >= 11 is 0. The van der Waals surface area contributed by atoms with Gasteiger partial charge in [-0.2, -0.15) is 0 Å². The maximum atomic E-state index is 14.2. The molecule has 5 heteroatoms. The minimum Gasteiger partial charge on any atom is -0.368 e. The first-order chi connectivity index (χ1) is 9.72. The van der Waals surface area contributed by atoms with Gasteiger partial charge in [-0.1, -0.05) is 23.7 Å². The van der Waals surface area contributed by atoms with E-state index in [4.69, 9.17) is 10.3 Å². The fourth-order valence-electron chi connectivity index (χ4n) is 2.62. The summed E-state index contributed by atoms with van der Waals surface area (Å²) in [7, 11) is 0. The minimum atomic E-state index is -0.199. The number of aromatic nitrogens is 1. The molecule has 0 amide bonds. The number of likely N-dealkylation sites (tertiary alicyclic amines) is 1. The van der Waals surface area contributed by atoms with Crippen molar-refractivity contribution in [2.45, 2.75) is 25.8 Å². The van der Waals surface area contributed by atoms with Crippen LogP contribution < -0.4 is 5.73 Å². The lowest BCUT2D eigenvalue weighted by atomic mass is 10.1. The van der Waals surface area contributed by atoms with Crippen molar-refractivity contribution in [2.24, 2.45) is 0 Å². The quantitative estimate of drug-likeness (QED) is 0.935. The fraction of sp³-hybridized carbons (Fsp3) is 0.400. The number of nitrogen functional groups attached to an aromatic ring is 1. The van der Waals surface area contributed by atoms with Crippen LogP contribution in [0.5, 0.6) is 0 Å². The van der Waals surface area contributed by atoms with Crippen LogP contribution in [0.3, 0.4) is 0 Å². The second kappa shape index (κ2) is 5.63. The van der Waals surface area contributed by atoms with Gasteiger partial charge in [0.25, 0.3) is 0 Å². The summed E-state index contributed by atoms with van der Waals surface area (Å²) in [5.41, 5.74) is 7.45. The first-order valence-electron chi connectivity index (χ1n) is 6.96. The zero-order chi connectivity index (χ0) is 13.9. The van der Waals surface area contributed by atoms with Crippen LogP contribution in [0, 0.1) is 5.82 Å².